The number of oxime groups is 2. The van der Waals surface area contributed by atoms with Gasteiger partial charge in [0.05, 0.1) is 26.4 Å². The first-order valence-electron chi connectivity index (χ1n) is 18.6. The zero-order chi connectivity index (χ0) is 42.8. The Bertz CT molecular complexity index is 1200. The second-order valence-electron chi connectivity index (χ2n) is 14.1. The van der Waals surface area contributed by atoms with E-state index in [0.717, 1.165) is 23.5 Å². The number of aliphatic hydroxyl groups is 14. The second-order valence-corrected chi connectivity index (χ2v) is 16.5. The minimum absolute atomic E-state index is 0.115. The van der Waals surface area contributed by atoms with Crippen molar-refractivity contribution in [1.29, 1.82) is 0 Å². The largest absolute Gasteiger partial charge is 0.410 e. The van der Waals surface area contributed by atoms with E-state index < -0.39 is 148 Å². The topological polar surface area (TPSA) is 404 Å². The maximum atomic E-state index is 10.9. The molecular weight excluding hydrogens is 828 g/mol. The molecular formula is C32H56N2O22S2. The summed E-state index contributed by atoms with van der Waals surface area (Å²) in [5.74, 6) is 0. The first kappa shape index (κ1) is 49.5. The van der Waals surface area contributed by atoms with E-state index in [1.807, 2.05) is 0 Å². The summed E-state index contributed by atoms with van der Waals surface area (Å²) >= 11 is 1.56. The lowest BCUT2D eigenvalue weighted by atomic mass is 9.97. The fourth-order valence-electron chi connectivity index (χ4n) is 6.74. The van der Waals surface area contributed by atoms with E-state index in [0.29, 0.717) is 25.7 Å². The quantitative estimate of drug-likeness (QED) is 0.0212. The maximum absolute atomic E-state index is 10.9. The third-order valence-electron chi connectivity index (χ3n) is 10.2. The van der Waals surface area contributed by atoms with Crippen molar-refractivity contribution in [3.05, 3.63) is 0 Å². The van der Waals surface area contributed by atoms with Crippen LogP contribution in [0, 0.1) is 0 Å². The van der Waals surface area contributed by atoms with E-state index in [1.54, 1.807) is 0 Å². The van der Waals surface area contributed by atoms with E-state index in [-0.39, 0.29) is 22.9 Å². The van der Waals surface area contributed by atoms with Gasteiger partial charge in [-0.2, -0.15) is 0 Å². The first-order valence-corrected chi connectivity index (χ1v) is 20.3. The van der Waals surface area contributed by atoms with Crippen molar-refractivity contribution < 1.29 is 110 Å². The molecule has 0 aliphatic carbocycles. The van der Waals surface area contributed by atoms with Gasteiger partial charge in [-0.15, -0.1) is 0 Å². The van der Waals surface area contributed by atoms with Gasteiger partial charge >= 0.3 is 0 Å². The monoisotopic (exact) mass is 884 g/mol. The van der Waals surface area contributed by atoms with Crippen LogP contribution in [0.25, 0.3) is 0 Å². The summed E-state index contributed by atoms with van der Waals surface area (Å²) in [5.41, 5.74) is -2.49. The lowest BCUT2D eigenvalue weighted by Crippen LogP contribution is -2.64. The van der Waals surface area contributed by atoms with Crippen LogP contribution in [0.5, 0.6) is 0 Å². The molecule has 4 saturated heterocycles. The molecule has 338 valence electrons. The van der Waals surface area contributed by atoms with Crippen LogP contribution >= 0.6 is 23.5 Å². The molecule has 4 fully saturated rings. The number of hydrogen-bond acceptors (Lipinski definition) is 26. The molecule has 24 nitrogen and oxygen atoms in total. The summed E-state index contributed by atoms with van der Waals surface area (Å²) in [4.78, 5) is 0. The second kappa shape index (κ2) is 23.3. The Kier molecular flexibility index (Phi) is 19.9. The molecule has 0 bridgehead atoms. The van der Waals surface area contributed by atoms with Crippen LogP contribution in [-0.4, -0.2) is 240 Å². The normalized spacial score (nSPS) is 44.4. The minimum atomic E-state index is -1.82. The number of ether oxygens (including phenoxy) is 6. The van der Waals surface area contributed by atoms with Crippen molar-refractivity contribution in [2.75, 3.05) is 26.4 Å². The van der Waals surface area contributed by atoms with Crippen LogP contribution < -0.4 is 0 Å². The van der Waals surface area contributed by atoms with Gasteiger partial charge in [0, 0.05) is 0 Å². The maximum Gasteiger partial charge on any atom is 0.187 e. The lowest BCUT2D eigenvalue weighted by molar-refractivity contribution is -0.338. The Hall–Kier alpha value is -1.16. The standard InChI is InChI=1S/C32H56N2O22S2/c35-7-11-17(39)19(41)23(45)29(51-11)55-27-13(9-37)53-31(25(47)21(27)43)57-15(33-49)5-3-1-2-4-6-16(34-50)58-32-26(48)22(44)28(14(10-38)54-32)56-30-24(46)20(42)18(40)12(8-36)52-30/h11-14,17-32,35-50H,1-10H2/b33-15+,34-16+/t11-,12-,13-,14-,17+,18+,19+,20+,21-,22-,23-,24-,25-,26-,27-,28-,29+,30+,31+,32+/m1/s1. The van der Waals surface area contributed by atoms with Crippen molar-refractivity contribution >= 4 is 33.6 Å². The van der Waals surface area contributed by atoms with Crippen molar-refractivity contribution in [3.8, 4) is 0 Å². The summed E-state index contributed by atoms with van der Waals surface area (Å²) < 4.78 is 33.1. The average molecular weight is 885 g/mol. The van der Waals surface area contributed by atoms with E-state index in [1.165, 1.54) is 0 Å². The zero-order valence-corrected chi connectivity index (χ0v) is 32.6. The number of nitrogens with zero attached hydrogens (tertiary/aromatic N) is 2. The van der Waals surface area contributed by atoms with E-state index in [9.17, 15) is 81.9 Å². The highest BCUT2D eigenvalue weighted by Crippen LogP contribution is 2.36. The van der Waals surface area contributed by atoms with Crippen LogP contribution in [0.2, 0.25) is 0 Å². The molecule has 4 rings (SSSR count). The molecule has 4 heterocycles. The minimum Gasteiger partial charge on any atom is -0.410 e. The number of thioether (sulfide) groups is 2. The van der Waals surface area contributed by atoms with E-state index in [4.69, 9.17) is 28.4 Å². The third-order valence-corrected chi connectivity index (χ3v) is 12.5. The molecule has 0 saturated carbocycles. The van der Waals surface area contributed by atoms with Crippen molar-refractivity contribution in [3.63, 3.8) is 0 Å². The Morgan fingerprint density at radius 1 is 0.414 bits per heavy atom. The van der Waals surface area contributed by atoms with Crippen molar-refractivity contribution in [2.45, 2.75) is 160 Å². The third kappa shape index (κ3) is 11.8. The first-order chi connectivity index (χ1) is 27.6. The highest BCUT2D eigenvalue weighted by Gasteiger charge is 2.52. The summed E-state index contributed by atoms with van der Waals surface area (Å²) in [5, 5.41) is 169. The zero-order valence-electron chi connectivity index (χ0n) is 30.9. The molecule has 0 amide bonds. The van der Waals surface area contributed by atoms with Gasteiger partial charge in [0.15, 0.2) is 12.6 Å². The number of aliphatic hydroxyl groups excluding tert-OH is 14. The summed E-state index contributed by atoms with van der Waals surface area (Å²) in [6.45, 7) is -2.94. The van der Waals surface area contributed by atoms with Crippen LogP contribution in [0.3, 0.4) is 0 Å². The van der Waals surface area contributed by atoms with Crippen molar-refractivity contribution in [2.24, 2.45) is 10.3 Å². The Morgan fingerprint density at radius 2 is 0.759 bits per heavy atom. The van der Waals surface area contributed by atoms with Crippen LogP contribution in [0.1, 0.15) is 38.5 Å². The summed E-state index contributed by atoms with van der Waals surface area (Å²) in [7, 11) is 0. The molecule has 20 atom stereocenters. The molecule has 4 aliphatic heterocycles. The molecule has 26 heteroatoms. The fraction of sp³-hybridized carbons (Fsp3) is 0.938. The lowest BCUT2D eigenvalue weighted by Gasteiger charge is -2.46. The molecule has 16 N–H and O–H groups in total. The molecule has 58 heavy (non-hydrogen) atoms. The molecule has 0 aromatic rings. The Labute approximate surface area is 339 Å². The molecule has 0 radical (unpaired) electrons. The molecule has 0 spiro atoms. The van der Waals surface area contributed by atoms with Gasteiger partial charge in [-0.25, -0.2) is 0 Å². The van der Waals surface area contributed by atoms with Crippen LogP contribution in [0.4, 0.5) is 0 Å². The number of hydrogen-bond donors (Lipinski definition) is 16. The van der Waals surface area contributed by atoms with Crippen LogP contribution in [0.15, 0.2) is 10.3 Å². The Morgan fingerprint density at radius 3 is 1.07 bits per heavy atom. The SMILES string of the molecule is OC[C@H]1O[C@@H](O[C@H]2[C@H](O)[C@@H](O)[C@H](S/C(CCCCCC/C(=N\O)S[C@@H]3O[C@H](CO)[C@@H](O[C@@H]4O[C@H](CO)[C@H](O)[C@H](O)[C@H]4O)[C@H](O)[C@H]3O)=N/O)O[C@@H]2CO)[C@H](O)[C@@H](O)[C@H]1O. The van der Waals surface area contributed by atoms with Gasteiger partial charge in [0.2, 0.25) is 0 Å². The smallest absolute Gasteiger partial charge is 0.187 e. The number of rotatable bonds is 17. The Balaban J connectivity index is 1.20. The summed E-state index contributed by atoms with van der Waals surface area (Å²) in [6, 6.07) is 0. The molecule has 0 aromatic carbocycles. The average Bonchev–Trinajstić information content (AvgIpc) is 3.22. The van der Waals surface area contributed by atoms with Gasteiger partial charge in [-0.1, -0.05) is 46.7 Å². The number of unbranched alkanes of at least 4 members (excludes halogenated alkanes) is 3. The van der Waals surface area contributed by atoms with Gasteiger partial charge in [-0.05, 0) is 25.7 Å². The fourth-order valence-corrected chi connectivity index (χ4v) is 8.90. The summed E-state index contributed by atoms with van der Waals surface area (Å²) in [6.07, 6.45) is -26.5. The van der Waals surface area contributed by atoms with Gasteiger partial charge in [-0.3, -0.25) is 0 Å². The highest BCUT2D eigenvalue weighted by molar-refractivity contribution is 8.14. The molecule has 4 aliphatic rings. The van der Waals surface area contributed by atoms with Crippen molar-refractivity contribution in [1.82, 2.24) is 0 Å². The highest BCUT2D eigenvalue weighted by atomic mass is 32.2. The molecule has 0 unspecified atom stereocenters. The predicted octanol–water partition coefficient (Wildman–Crippen LogP) is -6.38. The van der Waals surface area contributed by atoms with Gasteiger partial charge < -0.3 is 110 Å². The van der Waals surface area contributed by atoms with Crippen LogP contribution in [-0.2, 0) is 28.4 Å². The van der Waals surface area contributed by atoms with E-state index >= 15 is 0 Å². The molecule has 0 aromatic heterocycles. The predicted molar refractivity (Wildman–Crippen MR) is 194 cm³/mol. The van der Waals surface area contributed by atoms with Gasteiger partial charge in [0.1, 0.15) is 119 Å². The van der Waals surface area contributed by atoms with Gasteiger partial charge in [0.25, 0.3) is 0 Å². The van der Waals surface area contributed by atoms with E-state index in [2.05, 4.69) is 10.3 Å².